The van der Waals surface area contributed by atoms with E-state index in [1.54, 1.807) is 24.3 Å². The molecule has 9 nitrogen and oxygen atoms in total. The molecule has 0 aliphatic carbocycles. The number of alkyl carbamates (subject to hydrolysis) is 1. The number of hydrogen-bond acceptors (Lipinski definition) is 6. The van der Waals surface area contributed by atoms with E-state index in [1.165, 1.54) is 6.92 Å². The summed E-state index contributed by atoms with van der Waals surface area (Å²) in [5.74, 6) is -2.74. The molecule has 3 N–H and O–H groups in total. The van der Waals surface area contributed by atoms with E-state index in [0.29, 0.717) is 0 Å². The van der Waals surface area contributed by atoms with Gasteiger partial charge in [-0.1, -0.05) is 30.3 Å². The zero-order chi connectivity index (χ0) is 17.9. The Labute approximate surface area is 138 Å². The van der Waals surface area contributed by atoms with Crippen molar-refractivity contribution in [2.45, 2.75) is 19.6 Å². The quantitative estimate of drug-likeness (QED) is 0.517. The number of benzene rings is 1. The molecular formula is C15H18N3O6-. The van der Waals surface area contributed by atoms with Crippen molar-refractivity contribution in [1.29, 1.82) is 0 Å². The number of amides is 3. The maximum Gasteiger partial charge on any atom is 0.407 e. The second-order valence-electron chi connectivity index (χ2n) is 4.79. The van der Waals surface area contributed by atoms with Crippen LogP contribution >= 0.6 is 0 Å². The van der Waals surface area contributed by atoms with Crippen LogP contribution in [0.25, 0.3) is 0 Å². The summed E-state index contributed by atoms with van der Waals surface area (Å²) in [7, 11) is 0. The molecule has 9 heteroatoms. The lowest BCUT2D eigenvalue weighted by molar-refractivity contribution is -0.304. The van der Waals surface area contributed by atoms with E-state index in [1.807, 2.05) is 6.07 Å². The Kier molecular flexibility index (Phi) is 7.76. The lowest BCUT2D eigenvalue weighted by Gasteiger charge is -2.14. The van der Waals surface area contributed by atoms with E-state index >= 15 is 0 Å². The Balaban J connectivity index is 2.23. The van der Waals surface area contributed by atoms with Crippen molar-refractivity contribution in [2.75, 3.05) is 13.1 Å². The van der Waals surface area contributed by atoms with Gasteiger partial charge >= 0.3 is 6.09 Å². The van der Waals surface area contributed by atoms with Crippen LogP contribution in [-0.2, 0) is 25.7 Å². The topological polar surface area (TPSA) is 137 Å². The van der Waals surface area contributed by atoms with Crippen LogP contribution in [0.15, 0.2) is 30.3 Å². The minimum atomic E-state index is -1.44. The summed E-state index contributed by atoms with van der Waals surface area (Å²) in [5.41, 5.74) is 0.801. The van der Waals surface area contributed by atoms with Crippen molar-refractivity contribution in [3.05, 3.63) is 35.9 Å². The number of hydrogen-bond donors (Lipinski definition) is 3. The van der Waals surface area contributed by atoms with Crippen molar-refractivity contribution >= 4 is 23.9 Å². The van der Waals surface area contributed by atoms with Gasteiger partial charge in [-0.2, -0.15) is 0 Å². The standard InChI is InChI=1S/C15H19N3O6/c1-10(14(22)16-8-13(20)21)18-12(19)7-17-15(23)24-9-11-5-3-2-4-6-11/h2-6,10H,7-9H2,1H3,(H,16,22)(H,17,23)(H,18,19)(H,20,21)/p-1. The van der Waals surface area contributed by atoms with Crippen LogP contribution in [0.1, 0.15) is 12.5 Å². The van der Waals surface area contributed by atoms with Crippen molar-refractivity contribution < 1.29 is 29.0 Å². The molecule has 1 rings (SSSR count). The highest BCUT2D eigenvalue weighted by atomic mass is 16.5. The maximum absolute atomic E-state index is 11.6. The molecule has 0 aromatic heterocycles. The van der Waals surface area contributed by atoms with E-state index in [2.05, 4.69) is 16.0 Å². The molecule has 0 spiro atoms. The highest BCUT2D eigenvalue weighted by molar-refractivity contribution is 5.90. The zero-order valence-electron chi connectivity index (χ0n) is 13.0. The Bertz CT molecular complexity index is 590. The maximum atomic E-state index is 11.6. The molecule has 1 unspecified atom stereocenters. The molecule has 1 aromatic carbocycles. The van der Waals surface area contributed by atoms with Crippen LogP contribution in [0.4, 0.5) is 4.79 Å². The number of carboxylic acids is 1. The van der Waals surface area contributed by atoms with E-state index in [-0.39, 0.29) is 13.2 Å². The Morgan fingerprint density at radius 3 is 2.38 bits per heavy atom. The van der Waals surface area contributed by atoms with Crippen molar-refractivity contribution in [2.24, 2.45) is 0 Å². The molecule has 1 atom stereocenters. The van der Waals surface area contributed by atoms with E-state index < -0.39 is 36.5 Å². The van der Waals surface area contributed by atoms with E-state index in [0.717, 1.165) is 5.56 Å². The van der Waals surface area contributed by atoms with Crippen LogP contribution in [0, 0.1) is 0 Å². The summed E-state index contributed by atoms with van der Waals surface area (Å²) in [6.45, 7) is 0.404. The number of carbonyl (C=O) groups excluding carboxylic acids is 4. The van der Waals surface area contributed by atoms with Crippen molar-refractivity contribution in [3.63, 3.8) is 0 Å². The van der Waals surface area contributed by atoms with Gasteiger partial charge in [-0.25, -0.2) is 4.79 Å². The van der Waals surface area contributed by atoms with Gasteiger partial charge in [0.05, 0.1) is 12.5 Å². The van der Waals surface area contributed by atoms with Gasteiger partial charge in [0.2, 0.25) is 11.8 Å². The zero-order valence-corrected chi connectivity index (χ0v) is 13.0. The third-order valence-electron chi connectivity index (χ3n) is 2.78. The molecule has 0 aliphatic heterocycles. The van der Waals surface area contributed by atoms with Crippen LogP contribution in [-0.4, -0.2) is 43.0 Å². The number of aliphatic carboxylic acids is 1. The summed E-state index contributed by atoms with van der Waals surface area (Å²) in [4.78, 5) is 44.7. The number of rotatable bonds is 8. The Hall–Kier alpha value is -3.10. The highest BCUT2D eigenvalue weighted by Crippen LogP contribution is 2.00. The van der Waals surface area contributed by atoms with Gasteiger partial charge in [0.25, 0.3) is 0 Å². The van der Waals surface area contributed by atoms with Gasteiger partial charge in [0.1, 0.15) is 19.2 Å². The first-order chi connectivity index (χ1) is 11.4. The molecule has 0 saturated heterocycles. The molecule has 0 saturated carbocycles. The van der Waals surface area contributed by atoms with Crippen LogP contribution < -0.4 is 21.1 Å². The third kappa shape index (κ3) is 7.78. The van der Waals surface area contributed by atoms with Crippen LogP contribution in [0.5, 0.6) is 0 Å². The first-order valence-corrected chi connectivity index (χ1v) is 7.10. The number of carbonyl (C=O) groups is 4. The predicted octanol–water partition coefficient (Wildman–Crippen LogP) is -1.72. The highest BCUT2D eigenvalue weighted by Gasteiger charge is 2.15. The average Bonchev–Trinajstić information content (AvgIpc) is 2.56. The molecule has 1 aromatic rings. The first-order valence-electron chi connectivity index (χ1n) is 7.10. The molecule has 0 bridgehead atoms. The van der Waals surface area contributed by atoms with Gasteiger partial charge in [-0.05, 0) is 12.5 Å². The molecule has 3 amide bonds. The number of carboxylic acid groups (broad SMARTS) is 1. The third-order valence-corrected chi connectivity index (χ3v) is 2.78. The fraction of sp³-hybridized carbons (Fsp3) is 0.333. The number of nitrogens with one attached hydrogen (secondary N) is 3. The normalized spacial score (nSPS) is 11.0. The molecule has 0 heterocycles. The average molecular weight is 336 g/mol. The summed E-state index contributed by atoms with van der Waals surface area (Å²) < 4.78 is 4.91. The summed E-state index contributed by atoms with van der Waals surface area (Å²) in [6.07, 6.45) is -0.775. The molecule has 0 aliphatic rings. The minimum absolute atomic E-state index is 0.0658. The van der Waals surface area contributed by atoms with Crippen LogP contribution in [0.2, 0.25) is 0 Å². The molecule has 0 fully saturated rings. The molecule has 130 valence electrons. The first kappa shape index (κ1) is 18.9. The van der Waals surface area contributed by atoms with E-state index in [9.17, 15) is 24.3 Å². The fourth-order valence-corrected chi connectivity index (χ4v) is 1.60. The fourth-order valence-electron chi connectivity index (χ4n) is 1.60. The largest absolute Gasteiger partial charge is 0.548 e. The predicted molar refractivity (Wildman–Crippen MR) is 80.3 cm³/mol. The van der Waals surface area contributed by atoms with Crippen molar-refractivity contribution in [3.8, 4) is 0 Å². The summed E-state index contributed by atoms with van der Waals surface area (Å²) >= 11 is 0. The molecular weight excluding hydrogens is 318 g/mol. The lowest BCUT2D eigenvalue weighted by Crippen LogP contribution is -2.49. The van der Waals surface area contributed by atoms with Gasteiger partial charge in [0, 0.05) is 0 Å². The Morgan fingerprint density at radius 1 is 1.08 bits per heavy atom. The SMILES string of the molecule is CC(NC(=O)CNC(=O)OCc1ccccc1)C(=O)NCC(=O)[O-]. The smallest absolute Gasteiger partial charge is 0.407 e. The Morgan fingerprint density at radius 2 is 1.75 bits per heavy atom. The second kappa shape index (κ2) is 9.82. The van der Waals surface area contributed by atoms with Gasteiger partial charge in [-0.15, -0.1) is 0 Å². The second-order valence-corrected chi connectivity index (χ2v) is 4.79. The van der Waals surface area contributed by atoms with Crippen LogP contribution in [0.3, 0.4) is 0 Å². The summed E-state index contributed by atoms with van der Waals surface area (Å²) in [5, 5.41) is 16.8. The monoisotopic (exact) mass is 336 g/mol. The van der Waals surface area contributed by atoms with Gasteiger partial charge in [0.15, 0.2) is 0 Å². The molecule has 24 heavy (non-hydrogen) atoms. The minimum Gasteiger partial charge on any atom is -0.548 e. The van der Waals surface area contributed by atoms with Gasteiger partial charge < -0.3 is 30.6 Å². The van der Waals surface area contributed by atoms with E-state index in [4.69, 9.17) is 4.74 Å². The summed E-state index contributed by atoms with van der Waals surface area (Å²) in [6, 6.07) is 8.05. The number of ether oxygens (including phenoxy) is 1. The molecule has 0 radical (unpaired) electrons. The van der Waals surface area contributed by atoms with Gasteiger partial charge in [-0.3, -0.25) is 9.59 Å². The lowest BCUT2D eigenvalue weighted by atomic mass is 10.2. The van der Waals surface area contributed by atoms with Crippen molar-refractivity contribution in [1.82, 2.24) is 16.0 Å².